The van der Waals surface area contributed by atoms with E-state index >= 15 is 0 Å². The van der Waals surface area contributed by atoms with E-state index in [2.05, 4.69) is 36.9 Å². The smallest absolute Gasteiger partial charge is 0.319 e. The van der Waals surface area contributed by atoms with Crippen LogP contribution in [0.1, 0.15) is 31.2 Å². The number of urea groups is 1. The van der Waals surface area contributed by atoms with Gasteiger partial charge in [-0.15, -0.1) is 0 Å². The largest absolute Gasteiger partial charge is 0.493 e. The van der Waals surface area contributed by atoms with Crippen LogP contribution in [0.3, 0.4) is 0 Å². The Morgan fingerprint density at radius 2 is 1.79 bits per heavy atom. The summed E-state index contributed by atoms with van der Waals surface area (Å²) in [5.41, 5.74) is 1.47. The summed E-state index contributed by atoms with van der Waals surface area (Å²) >= 11 is 0. The number of hydrogen-bond acceptors (Lipinski definition) is 3. The van der Waals surface area contributed by atoms with Gasteiger partial charge in [0.15, 0.2) is 23.1 Å². The molecule has 3 atom stereocenters. The summed E-state index contributed by atoms with van der Waals surface area (Å²) in [5, 5.41) is 5.65. The molecule has 2 fully saturated rings. The Bertz CT molecular complexity index is 1050. The van der Waals surface area contributed by atoms with Gasteiger partial charge in [0.25, 0.3) is 0 Å². The molecule has 33 heavy (non-hydrogen) atoms. The predicted molar refractivity (Wildman–Crippen MR) is 123 cm³/mol. The first-order chi connectivity index (χ1) is 15.7. The third-order valence-electron chi connectivity index (χ3n) is 7.53. The number of halogens is 2. The first-order valence-electron chi connectivity index (χ1n) is 11.3. The maximum Gasteiger partial charge on any atom is 0.319 e. The lowest BCUT2D eigenvalue weighted by Gasteiger charge is -2.46. The number of likely N-dealkylation sites (tertiary alicyclic amines) is 1. The van der Waals surface area contributed by atoms with Crippen molar-refractivity contribution in [3.63, 3.8) is 0 Å². The molecule has 8 heteroatoms. The molecule has 0 spiro atoms. The van der Waals surface area contributed by atoms with Gasteiger partial charge >= 0.3 is 6.03 Å². The van der Waals surface area contributed by atoms with Crippen molar-refractivity contribution < 1.29 is 27.5 Å². The van der Waals surface area contributed by atoms with Crippen molar-refractivity contribution in [1.82, 2.24) is 5.32 Å². The number of benzene rings is 2. The summed E-state index contributed by atoms with van der Waals surface area (Å²) in [4.78, 5) is 12.6. The lowest BCUT2D eigenvalue weighted by atomic mass is 9.64. The topological polar surface area (TPSA) is 59.6 Å². The number of rotatable bonds is 5. The quantitative estimate of drug-likeness (QED) is 0.649. The van der Waals surface area contributed by atoms with Gasteiger partial charge in [-0.1, -0.05) is 6.07 Å². The standard InChI is InChI=1S/C25H31F2N3O3/c1-30(2)12-11-25(16-5-8-21(32-3)22(13-16)33-4)10-9-18(15-23(25)30)29-24(31)28-17-6-7-19(26)20(27)14-17/h5-8,13-14,18,23H,9-12,15H2,1-4H3,(H-,28,29,31)/p+1/t18-,23+,25-/m0/s1. The highest BCUT2D eigenvalue weighted by atomic mass is 19.2. The highest BCUT2D eigenvalue weighted by molar-refractivity contribution is 5.89. The second kappa shape index (κ2) is 8.82. The van der Waals surface area contributed by atoms with Crippen LogP contribution in [-0.2, 0) is 5.41 Å². The zero-order valence-corrected chi connectivity index (χ0v) is 19.6. The number of fused-ring (bicyclic) bond motifs is 1. The van der Waals surface area contributed by atoms with Crippen molar-refractivity contribution in [2.45, 2.75) is 43.2 Å². The Balaban J connectivity index is 1.51. The number of nitrogens with zero attached hydrogens (tertiary/aromatic N) is 1. The molecule has 1 saturated carbocycles. The van der Waals surface area contributed by atoms with Gasteiger partial charge in [-0.25, -0.2) is 13.6 Å². The van der Waals surface area contributed by atoms with Crippen LogP contribution >= 0.6 is 0 Å². The molecule has 1 saturated heterocycles. The minimum Gasteiger partial charge on any atom is -0.493 e. The number of amides is 2. The van der Waals surface area contributed by atoms with Gasteiger partial charge in [0.05, 0.1) is 40.3 Å². The fraction of sp³-hybridized carbons (Fsp3) is 0.480. The zero-order valence-electron chi connectivity index (χ0n) is 19.6. The molecule has 1 heterocycles. The van der Waals surface area contributed by atoms with E-state index in [0.717, 1.165) is 54.6 Å². The molecule has 2 aromatic carbocycles. The van der Waals surface area contributed by atoms with E-state index in [-0.39, 0.29) is 17.1 Å². The molecule has 2 amide bonds. The average molecular weight is 461 g/mol. The van der Waals surface area contributed by atoms with Gasteiger partial charge in [0.2, 0.25) is 0 Å². The van der Waals surface area contributed by atoms with Crippen LogP contribution in [-0.4, -0.2) is 57.5 Å². The highest BCUT2D eigenvalue weighted by Crippen LogP contribution is 2.52. The number of methoxy groups -OCH3 is 2. The van der Waals surface area contributed by atoms with Gasteiger partial charge in [0, 0.05) is 30.6 Å². The number of carbonyl (C=O) groups is 1. The number of ether oxygens (including phenoxy) is 2. The van der Waals surface area contributed by atoms with Crippen molar-refractivity contribution in [3.8, 4) is 11.5 Å². The number of quaternary nitrogens is 1. The lowest BCUT2D eigenvalue weighted by molar-refractivity contribution is -0.905. The third kappa shape index (κ3) is 4.36. The Hall–Kier alpha value is -2.87. The van der Waals surface area contributed by atoms with Crippen LogP contribution in [0.2, 0.25) is 0 Å². The normalized spacial score (nSPS) is 25.8. The SMILES string of the molecule is COc1ccc([C@@]23CC[C@H](NC(=O)Nc4ccc(F)c(F)c4)C[C@H]2[N+](C)(C)CC3)cc1OC. The fourth-order valence-electron chi connectivity index (χ4n) is 5.79. The van der Waals surface area contributed by atoms with Crippen LogP contribution < -0.4 is 20.1 Å². The molecule has 0 bridgehead atoms. The number of nitrogens with one attached hydrogen (secondary N) is 2. The Morgan fingerprint density at radius 1 is 1.03 bits per heavy atom. The maximum atomic E-state index is 13.5. The monoisotopic (exact) mass is 460 g/mol. The van der Waals surface area contributed by atoms with Gasteiger partial charge in [-0.05, 0) is 42.7 Å². The molecule has 2 aromatic rings. The molecule has 6 nitrogen and oxygen atoms in total. The minimum absolute atomic E-state index is 0.00219. The number of likely N-dealkylation sites (N-methyl/N-ethyl adjacent to an activating group) is 1. The molecular formula is C25H32F2N3O3+. The van der Waals surface area contributed by atoms with E-state index in [1.165, 1.54) is 11.6 Å². The zero-order chi connectivity index (χ0) is 23.8. The van der Waals surface area contributed by atoms with Crippen LogP contribution in [0.15, 0.2) is 36.4 Å². The third-order valence-corrected chi connectivity index (χ3v) is 7.53. The molecule has 1 aliphatic carbocycles. The van der Waals surface area contributed by atoms with E-state index in [0.29, 0.717) is 11.8 Å². The Morgan fingerprint density at radius 3 is 2.48 bits per heavy atom. The summed E-state index contributed by atoms with van der Waals surface area (Å²) in [5.74, 6) is -0.493. The molecular weight excluding hydrogens is 428 g/mol. The van der Waals surface area contributed by atoms with E-state index in [1.54, 1.807) is 14.2 Å². The first kappa shape index (κ1) is 23.3. The van der Waals surface area contributed by atoms with E-state index < -0.39 is 17.7 Å². The van der Waals surface area contributed by atoms with Gasteiger partial charge < -0.3 is 24.6 Å². The molecule has 0 aromatic heterocycles. The van der Waals surface area contributed by atoms with Crippen molar-refractivity contribution in [1.29, 1.82) is 0 Å². The minimum atomic E-state index is -0.991. The van der Waals surface area contributed by atoms with Gasteiger partial charge in [-0.2, -0.15) is 0 Å². The van der Waals surface area contributed by atoms with Crippen LogP contribution in [0.5, 0.6) is 11.5 Å². The number of hydrogen-bond donors (Lipinski definition) is 2. The number of anilines is 1. The fourth-order valence-corrected chi connectivity index (χ4v) is 5.79. The van der Waals surface area contributed by atoms with Crippen molar-refractivity contribution in [2.75, 3.05) is 40.2 Å². The molecule has 2 aliphatic rings. The van der Waals surface area contributed by atoms with E-state index in [4.69, 9.17) is 9.47 Å². The van der Waals surface area contributed by atoms with Crippen LogP contribution in [0.4, 0.5) is 19.3 Å². The van der Waals surface area contributed by atoms with Crippen LogP contribution in [0, 0.1) is 11.6 Å². The molecule has 0 radical (unpaired) electrons. The highest BCUT2D eigenvalue weighted by Gasteiger charge is 2.57. The molecule has 4 rings (SSSR count). The average Bonchev–Trinajstić information content (AvgIpc) is 3.07. The Kier molecular flexibility index (Phi) is 6.22. The number of carbonyl (C=O) groups excluding carboxylic acids is 1. The van der Waals surface area contributed by atoms with Crippen molar-refractivity contribution in [2.24, 2.45) is 0 Å². The summed E-state index contributed by atoms with van der Waals surface area (Å²) in [6.07, 6.45) is 3.65. The molecule has 0 unspecified atom stereocenters. The van der Waals surface area contributed by atoms with Crippen molar-refractivity contribution in [3.05, 3.63) is 53.6 Å². The molecule has 2 N–H and O–H groups in total. The summed E-state index contributed by atoms with van der Waals surface area (Å²) in [7, 11) is 7.78. The van der Waals surface area contributed by atoms with E-state index in [9.17, 15) is 13.6 Å². The molecule has 1 aliphatic heterocycles. The second-order valence-corrected chi connectivity index (χ2v) is 9.69. The summed E-state index contributed by atoms with van der Waals surface area (Å²) < 4.78 is 38.5. The second-order valence-electron chi connectivity index (χ2n) is 9.69. The Labute approximate surface area is 193 Å². The lowest BCUT2D eigenvalue weighted by Crippen LogP contribution is -2.57. The van der Waals surface area contributed by atoms with Crippen LogP contribution in [0.25, 0.3) is 0 Å². The maximum absolute atomic E-state index is 13.5. The summed E-state index contributed by atoms with van der Waals surface area (Å²) in [6.45, 7) is 1.05. The first-order valence-corrected chi connectivity index (χ1v) is 11.3. The predicted octanol–water partition coefficient (Wildman–Crippen LogP) is 4.44. The van der Waals surface area contributed by atoms with Gasteiger partial charge in [-0.3, -0.25) is 0 Å². The van der Waals surface area contributed by atoms with Gasteiger partial charge in [0.1, 0.15) is 6.04 Å². The molecule has 178 valence electrons. The summed E-state index contributed by atoms with van der Waals surface area (Å²) in [6, 6.07) is 9.44. The van der Waals surface area contributed by atoms with Crippen molar-refractivity contribution >= 4 is 11.7 Å². The van der Waals surface area contributed by atoms with E-state index in [1.807, 2.05) is 6.07 Å².